The molecule has 3 rings (SSSR count). The fourth-order valence-electron chi connectivity index (χ4n) is 2.53. The van der Waals surface area contributed by atoms with Gasteiger partial charge in [-0.05, 0) is 31.5 Å². The van der Waals surface area contributed by atoms with Crippen LogP contribution in [0.4, 0.5) is 0 Å². The fraction of sp³-hybridized carbons (Fsp3) is 0.333. The number of carbonyl (C=O) groups excluding carboxylic acids is 1. The third kappa shape index (κ3) is 2.58. The molecule has 1 aromatic carbocycles. The number of nitrogens with one attached hydrogen (secondary N) is 2. The lowest BCUT2D eigenvalue weighted by atomic mass is 10.1. The van der Waals surface area contributed by atoms with Crippen LogP contribution in [0.15, 0.2) is 36.5 Å². The minimum atomic E-state index is -0.0296. The molecule has 1 saturated heterocycles. The summed E-state index contributed by atoms with van der Waals surface area (Å²) in [5.74, 6) is -0.0296. The second kappa shape index (κ2) is 5.36. The van der Waals surface area contributed by atoms with Crippen LogP contribution in [-0.2, 0) is 0 Å². The number of para-hydroxylation sites is 1. The lowest BCUT2D eigenvalue weighted by Gasteiger charge is -2.23. The maximum atomic E-state index is 12.3. The normalized spacial score (nSPS) is 19.3. The lowest BCUT2D eigenvalue weighted by Crippen LogP contribution is -2.45. The molecule has 1 aliphatic heterocycles. The summed E-state index contributed by atoms with van der Waals surface area (Å²) in [4.78, 5) is 16.7. The van der Waals surface area contributed by atoms with E-state index in [1.54, 1.807) is 6.20 Å². The molecule has 0 radical (unpaired) electrons. The Morgan fingerprint density at radius 2 is 2.21 bits per heavy atom. The van der Waals surface area contributed by atoms with Crippen molar-refractivity contribution < 1.29 is 4.79 Å². The zero-order chi connectivity index (χ0) is 13.1. The Morgan fingerprint density at radius 3 is 3.05 bits per heavy atom. The summed E-state index contributed by atoms with van der Waals surface area (Å²) in [6.07, 6.45) is 3.87. The maximum absolute atomic E-state index is 12.3. The first-order chi connectivity index (χ1) is 9.34. The molecule has 1 atom stereocenters. The molecule has 19 heavy (non-hydrogen) atoms. The van der Waals surface area contributed by atoms with Gasteiger partial charge in [0.1, 0.15) is 0 Å². The summed E-state index contributed by atoms with van der Waals surface area (Å²) >= 11 is 0. The molecule has 2 N–H and O–H groups in total. The van der Waals surface area contributed by atoms with E-state index in [0.29, 0.717) is 5.56 Å². The molecule has 1 aromatic heterocycles. The molecule has 4 heteroatoms. The van der Waals surface area contributed by atoms with E-state index in [0.717, 1.165) is 36.8 Å². The third-order valence-electron chi connectivity index (χ3n) is 3.51. The Bertz CT molecular complexity index is 585. The Labute approximate surface area is 112 Å². The number of hydrogen-bond acceptors (Lipinski definition) is 3. The second-order valence-electron chi connectivity index (χ2n) is 4.90. The van der Waals surface area contributed by atoms with Gasteiger partial charge >= 0.3 is 0 Å². The van der Waals surface area contributed by atoms with Crippen LogP contribution in [0.25, 0.3) is 10.9 Å². The van der Waals surface area contributed by atoms with Crippen LogP contribution in [0.3, 0.4) is 0 Å². The molecular formula is C15H17N3O. The largest absolute Gasteiger partial charge is 0.348 e. The SMILES string of the molecule is O=C(N[C@H]1CCCNC1)c1cccc2cccnc12. The first kappa shape index (κ1) is 12.1. The topological polar surface area (TPSA) is 54.0 Å². The predicted molar refractivity (Wildman–Crippen MR) is 75.1 cm³/mol. The Balaban J connectivity index is 1.85. The van der Waals surface area contributed by atoms with Crippen LogP contribution in [0, 0.1) is 0 Å². The van der Waals surface area contributed by atoms with Gasteiger partial charge in [-0.25, -0.2) is 0 Å². The number of benzene rings is 1. The van der Waals surface area contributed by atoms with Crippen LogP contribution < -0.4 is 10.6 Å². The molecule has 1 fully saturated rings. The first-order valence-corrected chi connectivity index (χ1v) is 6.70. The number of carbonyl (C=O) groups is 1. The van der Waals surface area contributed by atoms with Gasteiger partial charge in [0, 0.05) is 24.2 Å². The molecule has 2 heterocycles. The summed E-state index contributed by atoms with van der Waals surface area (Å²) in [6, 6.07) is 9.79. The van der Waals surface area contributed by atoms with Gasteiger partial charge in [-0.2, -0.15) is 0 Å². The number of pyridine rings is 1. The number of aromatic nitrogens is 1. The number of amides is 1. The summed E-state index contributed by atoms with van der Waals surface area (Å²) in [6.45, 7) is 1.89. The summed E-state index contributed by atoms with van der Waals surface area (Å²) < 4.78 is 0. The molecule has 98 valence electrons. The molecule has 0 saturated carbocycles. The van der Waals surface area contributed by atoms with E-state index in [-0.39, 0.29) is 11.9 Å². The van der Waals surface area contributed by atoms with Crippen LogP contribution in [0.1, 0.15) is 23.2 Å². The maximum Gasteiger partial charge on any atom is 0.253 e. The van der Waals surface area contributed by atoms with Crippen molar-refractivity contribution in [2.24, 2.45) is 0 Å². The zero-order valence-corrected chi connectivity index (χ0v) is 10.7. The molecule has 0 bridgehead atoms. The number of rotatable bonds is 2. The van der Waals surface area contributed by atoms with Gasteiger partial charge in [-0.1, -0.05) is 18.2 Å². The minimum Gasteiger partial charge on any atom is -0.348 e. The van der Waals surface area contributed by atoms with Crippen molar-refractivity contribution >= 4 is 16.8 Å². The molecule has 1 aliphatic rings. The molecular weight excluding hydrogens is 238 g/mol. The van der Waals surface area contributed by atoms with Gasteiger partial charge in [0.15, 0.2) is 0 Å². The van der Waals surface area contributed by atoms with E-state index in [9.17, 15) is 4.79 Å². The van der Waals surface area contributed by atoms with Crippen molar-refractivity contribution in [3.63, 3.8) is 0 Å². The first-order valence-electron chi connectivity index (χ1n) is 6.70. The molecule has 1 amide bonds. The van der Waals surface area contributed by atoms with Gasteiger partial charge in [-0.15, -0.1) is 0 Å². The highest BCUT2D eigenvalue weighted by atomic mass is 16.1. The number of piperidine rings is 1. The highest BCUT2D eigenvalue weighted by Crippen LogP contribution is 2.16. The average Bonchev–Trinajstić information content (AvgIpc) is 2.47. The third-order valence-corrected chi connectivity index (χ3v) is 3.51. The number of fused-ring (bicyclic) bond motifs is 1. The lowest BCUT2D eigenvalue weighted by molar-refractivity contribution is 0.0932. The van der Waals surface area contributed by atoms with Crippen molar-refractivity contribution in [2.45, 2.75) is 18.9 Å². The van der Waals surface area contributed by atoms with Crippen molar-refractivity contribution in [3.05, 3.63) is 42.1 Å². The van der Waals surface area contributed by atoms with Crippen LogP contribution in [0.2, 0.25) is 0 Å². The summed E-state index contributed by atoms with van der Waals surface area (Å²) in [5.41, 5.74) is 1.43. The summed E-state index contributed by atoms with van der Waals surface area (Å²) in [5, 5.41) is 7.38. The minimum absolute atomic E-state index is 0.0296. The van der Waals surface area contributed by atoms with Gasteiger partial charge in [0.25, 0.3) is 5.91 Å². The van der Waals surface area contributed by atoms with Crippen LogP contribution in [-0.4, -0.2) is 30.0 Å². The number of nitrogens with zero attached hydrogens (tertiary/aromatic N) is 1. The molecule has 4 nitrogen and oxygen atoms in total. The Hall–Kier alpha value is -1.94. The Morgan fingerprint density at radius 1 is 1.32 bits per heavy atom. The van der Waals surface area contributed by atoms with Crippen LogP contribution >= 0.6 is 0 Å². The van der Waals surface area contributed by atoms with Crippen molar-refractivity contribution in [1.82, 2.24) is 15.6 Å². The van der Waals surface area contributed by atoms with Crippen molar-refractivity contribution in [3.8, 4) is 0 Å². The van der Waals surface area contributed by atoms with E-state index < -0.39 is 0 Å². The predicted octanol–water partition coefficient (Wildman–Crippen LogP) is 1.72. The summed E-state index contributed by atoms with van der Waals surface area (Å²) in [7, 11) is 0. The average molecular weight is 255 g/mol. The highest BCUT2D eigenvalue weighted by Gasteiger charge is 2.17. The van der Waals surface area contributed by atoms with E-state index in [1.807, 2.05) is 30.3 Å². The smallest absolute Gasteiger partial charge is 0.253 e. The number of hydrogen-bond donors (Lipinski definition) is 2. The zero-order valence-electron chi connectivity index (χ0n) is 10.7. The molecule has 0 spiro atoms. The Kier molecular flexibility index (Phi) is 3.42. The quantitative estimate of drug-likeness (QED) is 0.859. The van der Waals surface area contributed by atoms with Gasteiger partial charge in [0.05, 0.1) is 11.1 Å². The highest BCUT2D eigenvalue weighted by molar-refractivity contribution is 6.05. The van der Waals surface area contributed by atoms with Crippen molar-refractivity contribution in [2.75, 3.05) is 13.1 Å². The fourth-order valence-corrected chi connectivity index (χ4v) is 2.53. The van der Waals surface area contributed by atoms with Gasteiger partial charge in [-0.3, -0.25) is 9.78 Å². The van der Waals surface area contributed by atoms with E-state index in [4.69, 9.17) is 0 Å². The molecule has 0 aliphatic carbocycles. The monoisotopic (exact) mass is 255 g/mol. The molecule has 2 aromatic rings. The van der Waals surface area contributed by atoms with E-state index >= 15 is 0 Å². The van der Waals surface area contributed by atoms with E-state index in [2.05, 4.69) is 15.6 Å². The molecule has 0 unspecified atom stereocenters. The van der Waals surface area contributed by atoms with Gasteiger partial charge < -0.3 is 10.6 Å². The van der Waals surface area contributed by atoms with E-state index in [1.165, 1.54) is 0 Å². The second-order valence-corrected chi connectivity index (χ2v) is 4.90. The van der Waals surface area contributed by atoms with Crippen LogP contribution in [0.5, 0.6) is 0 Å². The van der Waals surface area contributed by atoms with Gasteiger partial charge in [0.2, 0.25) is 0 Å². The standard InChI is InChI=1S/C15H17N3O/c19-15(18-12-6-3-8-16-10-12)13-7-1-4-11-5-2-9-17-14(11)13/h1-2,4-5,7,9,12,16H,3,6,8,10H2,(H,18,19)/t12-/m0/s1. The van der Waals surface area contributed by atoms with Crippen molar-refractivity contribution in [1.29, 1.82) is 0 Å².